The lowest BCUT2D eigenvalue weighted by Gasteiger charge is -2.08. The number of carbonyl (C=O) groups is 1. The molecule has 0 fully saturated rings. The summed E-state index contributed by atoms with van der Waals surface area (Å²) in [5.74, 6) is -3.29. The van der Waals surface area contributed by atoms with E-state index in [9.17, 15) is 25.2 Å². The summed E-state index contributed by atoms with van der Waals surface area (Å²) in [5.41, 5.74) is 0.538. The van der Waals surface area contributed by atoms with E-state index in [1.165, 1.54) is 6.07 Å². The molecule has 0 aliphatic carbocycles. The molecule has 120 valence electrons. The van der Waals surface area contributed by atoms with Gasteiger partial charge in [0.15, 0.2) is 17.5 Å². The molecule has 5 N–H and O–H groups in total. The van der Waals surface area contributed by atoms with Gasteiger partial charge in [-0.05, 0) is 6.42 Å². The number of aromatic nitrogens is 2. The summed E-state index contributed by atoms with van der Waals surface area (Å²) >= 11 is 0. The Morgan fingerprint density at radius 3 is 2.27 bits per heavy atom. The molecule has 9 heteroatoms. The van der Waals surface area contributed by atoms with Crippen LogP contribution in [0, 0.1) is 0 Å². The lowest BCUT2D eigenvalue weighted by molar-refractivity contribution is -0.145. The fourth-order valence-electron chi connectivity index (χ4n) is 1.96. The molecule has 0 spiro atoms. The van der Waals surface area contributed by atoms with E-state index in [4.69, 9.17) is 5.11 Å². The molecule has 2 aromatic rings. The number of hydrogen-bond donors (Lipinski definition) is 5. The van der Waals surface area contributed by atoms with E-state index in [0.717, 1.165) is 10.6 Å². The molecule has 9 nitrogen and oxygen atoms in total. The molecule has 0 aliphatic rings. The van der Waals surface area contributed by atoms with Crippen molar-refractivity contribution in [2.75, 3.05) is 0 Å². The highest BCUT2D eigenvalue weighted by Gasteiger charge is 2.19. The summed E-state index contributed by atoms with van der Waals surface area (Å²) in [4.78, 5) is 16.3. The van der Waals surface area contributed by atoms with Crippen LogP contribution in [0.15, 0.2) is 12.1 Å². The van der Waals surface area contributed by atoms with Gasteiger partial charge in [0.2, 0.25) is 5.88 Å². The maximum Gasteiger partial charge on any atom is 0.335 e. The Morgan fingerprint density at radius 1 is 1.09 bits per heavy atom. The van der Waals surface area contributed by atoms with Gasteiger partial charge in [0.05, 0.1) is 6.42 Å². The average Bonchev–Trinajstić information content (AvgIpc) is 2.87. The van der Waals surface area contributed by atoms with Crippen LogP contribution < -0.4 is 4.84 Å². The zero-order valence-corrected chi connectivity index (χ0v) is 11.7. The number of carbonyl (C=O) groups excluding carboxylic acids is 1. The second kappa shape index (κ2) is 5.80. The van der Waals surface area contributed by atoms with E-state index in [0.29, 0.717) is 16.7 Å². The van der Waals surface area contributed by atoms with Crippen molar-refractivity contribution in [3.8, 4) is 29.3 Å². The van der Waals surface area contributed by atoms with Crippen molar-refractivity contribution < 1.29 is 35.2 Å². The van der Waals surface area contributed by atoms with Gasteiger partial charge in [-0.3, -0.25) is 4.57 Å². The van der Waals surface area contributed by atoms with Crippen LogP contribution in [0.1, 0.15) is 18.9 Å². The third-order valence-electron chi connectivity index (χ3n) is 3.13. The second-order valence-corrected chi connectivity index (χ2v) is 4.58. The Hall–Kier alpha value is -2.97. The van der Waals surface area contributed by atoms with Crippen molar-refractivity contribution in [3.05, 3.63) is 17.7 Å². The Balaban J connectivity index is 2.03. The standard InChI is InChI=1S/C13H16N2O7/c1-2-7-5-9(17)14(12(7)20)4-3-11(19)22-15-10(18)6-8(16)13(15)21/h5-6,16-18,20-21H,2-4H2,1H3. The van der Waals surface area contributed by atoms with Gasteiger partial charge in [0, 0.05) is 24.2 Å². The monoisotopic (exact) mass is 312 g/mol. The third-order valence-corrected chi connectivity index (χ3v) is 3.13. The van der Waals surface area contributed by atoms with Crippen molar-refractivity contribution in [2.45, 2.75) is 26.3 Å². The summed E-state index contributed by atoms with van der Waals surface area (Å²) in [6.07, 6.45) is 0.262. The maximum absolute atomic E-state index is 11.7. The number of aryl methyl sites for hydroxylation is 1. The fraction of sp³-hybridized carbons (Fsp3) is 0.308. The molecule has 0 saturated carbocycles. The van der Waals surface area contributed by atoms with Crippen LogP contribution in [-0.2, 0) is 17.8 Å². The Labute approximate surface area is 124 Å². The largest absolute Gasteiger partial charge is 0.503 e. The molecular weight excluding hydrogens is 296 g/mol. The molecule has 0 unspecified atom stereocenters. The van der Waals surface area contributed by atoms with Crippen LogP contribution in [0.25, 0.3) is 0 Å². The molecule has 2 aromatic heterocycles. The van der Waals surface area contributed by atoms with E-state index in [-0.39, 0.29) is 24.7 Å². The Bertz CT molecular complexity index is 702. The summed E-state index contributed by atoms with van der Waals surface area (Å²) in [7, 11) is 0. The number of rotatable bonds is 5. The Kier molecular flexibility index (Phi) is 4.06. The van der Waals surface area contributed by atoms with Crippen LogP contribution in [-0.4, -0.2) is 40.8 Å². The van der Waals surface area contributed by atoms with E-state index in [1.54, 1.807) is 6.92 Å². The summed E-state index contributed by atoms with van der Waals surface area (Å²) < 4.78 is 1.50. The topological polar surface area (TPSA) is 137 Å². The highest BCUT2D eigenvalue weighted by atomic mass is 16.7. The van der Waals surface area contributed by atoms with Gasteiger partial charge >= 0.3 is 5.97 Å². The van der Waals surface area contributed by atoms with Crippen molar-refractivity contribution in [2.24, 2.45) is 0 Å². The zero-order valence-electron chi connectivity index (χ0n) is 11.7. The van der Waals surface area contributed by atoms with Crippen LogP contribution >= 0.6 is 0 Å². The van der Waals surface area contributed by atoms with Gasteiger partial charge in [-0.25, -0.2) is 4.79 Å². The van der Waals surface area contributed by atoms with Crippen LogP contribution in [0.2, 0.25) is 0 Å². The molecule has 0 aromatic carbocycles. The highest BCUT2D eigenvalue weighted by Crippen LogP contribution is 2.32. The predicted octanol–water partition coefficient (Wildman–Crippen LogP) is 0.425. The number of nitrogens with zero attached hydrogens (tertiary/aromatic N) is 2. The molecule has 2 heterocycles. The van der Waals surface area contributed by atoms with Crippen molar-refractivity contribution >= 4 is 5.97 Å². The number of hydrogen-bond acceptors (Lipinski definition) is 7. The lowest BCUT2D eigenvalue weighted by atomic mass is 10.2. The fourth-order valence-corrected chi connectivity index (χ4v) is 1.96. The van der Waals surface area contributed by atoms with Gasteiger partial charge in [0.1, 0.15) is 0 Å². The van der Waals surface area contributed by atoms with Crippen LogP contribution in [0.4, 0.5) is 0 Å². The average molecular weight is 312 g/mol. The van der Waals surface area contributed by atoms with Crippen LogP contribution in [0.3, 0.4) is 0 Å². The number of aromatic hydroxyl groups is 5. The summed E-state index contributed by atoms with van der Waals surface area (Å²) in [6.45, 7) is 1.74. The van der Waals surface area contributed by atoms with Gasteiger partial charge < -0.3 is 30.4 Å². The smallest absolute Gasteiger partial charge is 0.335 e. The maximum atomic E-state index is 11.7. The first-order valence-electron chi connectivity index (χ1n) is 6.49. The van der Waals surface area contributed by atoms with Gasteiger partial charge in [-0.2, -0.15) is 0 Å². The molecule has 22 heavy (non-hydrogen) atoms. The molecule has 0 saturated heterocycles. The first-order valence-corrected chi connectivity index (χ1v) is 6.49. The van der Waals surface area contributed by atoms with Gasteiger partial charge in [0.25, 0.3) is 5.88 Å². The zero-order chi connectivity index (χ0) is 16.4. The van der Waals surface area contributed by atoms with E-state index in [2.05, 4.69) is 4.84 Å². The van der Waals surface area contributed by atoms with Gasteiger partial charge in [-0.1, -0.05) is 6.92 Å². The lowest BCUT2D eigenvalue weighted by Crippen LogP contribution is -2.20. The minimum Gasteiger partial charge on any atom is -0.503 e. The van der Waals surface area contributed by atoms with Crippen LogP contribution in [0.5, 0.6) is 29.3 Å². The molecule has 0 bridgehead atoms. The van der Waals surface area contributed by atoms with Crippen molar-refractivity contribution in [1.29, 1.82) is 0 Å². The first-order chi connectivity index (χ1) is 10.3. The first kappa shape index (κ1) is 15.4. The second-order valence-electron chi connectivity index (χ2n) is 4.58. The summed E-state index contributed by atoms with van der Waals surface area (Å²) in [6, 6.07) is 2.20. The quantitative estimate of drug-likeness (QED) is 0.539. The molecular formula is C13H16N2O7. The molecule has 0 radical (unpaired) electrons. The normalized spacial score (nSPS) is 10.8. The summed E-state index contributed by atoms with van der Waals surface area (Å²) in [5, 5.41) is 47.4. The molecule has 0 aliphatic heterocycles. The van der Waals surface area contributed by atoms with E-state index >= 15 is 0 Å². The molecule has 0 amide bonds. The highest BCUT2D eigenvalue weighted by molar-refractivity contribution is 5.70. The van der Waals surface area contributed by atoms with E-state index < -0.39 is 23.5 Å². The van der Waals surface area contributed by atoms with Crippen molar-refractivity contribution in [3.63, 3.8) is 0 Å². The molecule has 0 atom stereocenters. The molecule has 2 rings (SSSR count). The Morgan fingerprint density at radius 2 is 1.77 bits per heavy atom. The third kappa shape index (κ3) is 2.73. The minimum absolute atomic E-state index is 0.0642. The minimum atomic E-state index is -0.855. The van der Waals surface area contributed by atoms with Gasteiger partial charge in [-0.15, -0.1) is 4.73 Å². The SMILES string of the molecule is CCc1cc(O)n(CCC(=O)On2c(O)cc(O)c2O)c1O. The van der Waals surface area contributed by atoms with Crippen molar-refractivity contribution in [1.82, 2.24) is 9.30 Å². The predicted molar refractivity (Wildman–Crippen MR) is 72.8 cm³/mol. The van der Waals surface area contributed by atoms with E-state index in [1.807, 2.05) is 0 Å².